The SMILES string of the molecule is CCCCC(CC)CN1C(=O)C2=C(c3ccc(C(C)(C)C)s3)N(CC(CC)CCCC)C(=O)C2=C1c1ccc(-c2cc3c(s2)-c2sc(C(C)(C)C)cc2C3(CC(CC)CCCC)CC(CC)CCCC)s1. The van der Waals surface area contributed by atoms with E-state index in [1.807, 2.05) is 16.2 Å². The van der Waals surface area contributed by atoms with Crippen molar-refractivity contribution in [3.05, 3.63) is 78.2 Å². The van der Waals surface area contributed by atoms with Crippen LogP contribution in [-0.4, -0.2) is 34.7 Å². The second kappa shape index (κ2) is 23.8. The van der Waals surface area contributed by atoms with Crippen molar-refractivity contribution < 1.29 is 9.59 Å². The summed E-state index contributed by atoms with van der Waals surface area (Å²) < 4.78 is 0. The standard InChI is InChI=1S/C63H92N2O2S4/c1-15-23-27-41(19-5)37-63(38-42(20-6)28-24-16-2)45-35-50(70-57(45)58-46(63)36-52(71-58)62(12,13)14)47-31-32-48(68-47)55-53-54(60(67)64(55)39-43(21-7)29-25-17-3)56(49-33-34-51(69-49)61(9,10)11)65(59(53)66)40-44(22-8)30-26-18-4/h31-36,41-44H,15-30,37-40H2,1-14H3. The van der Waals surface area contributed by atoms with E-state index in [0.29, 0.717) is 47.9 Å². The predicted octanol–water partition coefficient (Wildman–Crippen LogP) is 19.9. The fourth-order valence-electron chi connectivity index (χ4n) is 11.9. The smallest absolute Gasteiger partial charge is 0.261 e. The highest BCUT2D eigenvalue weighted by molar-refractivity contribution is 7.27. The number of amides is 2. The molecule has 2 aliphatic heterocycles. The highest BCUT2D eigenvalue weighted by Gasteiger charge is 2.51. The molecule has 4 aromatic heterocycles. The van der Waals surface area contributed by atoms with Gasteiger partial charge in [0, 0.05) is 47.8 Å². The first-order valence-electron chi connectivity index (χ1n) is 28.6. The average Bonchev–Trinajstić information content (AvgIpc) is 4.22. The van der Waals surface area contributed by atoms with Crippen molar-refractivity contribution in [1.29, 1.82) is 0 Å². The van der Waals surface area contributed by atoms with E-state index in [9.17, 15) is 0 Å². The van der Waals surface area contributed by atoms with Gasteiger partial charge in [-0.15, -0.1) is 45.3 Å². The number of hydrogen-bond acceptors (Lipinski definition) is 6. The molecule has 0 saturated carbocycles. The van der Waals surface area contributed by atoms with Crippen LogP contribution in [0.4, 0.5) is 0 Å². The number of unbranched alkanes of at least 4 members (excludes halogenated alkanes) is 4. The third kappa shape index (κ3) is 11.6. The Hall–Kier alpha value is -2.78. The van der Waals surface area contributed by atoms with E-state index in [-0.39, 0.29) is 28.1 Å². The molecule has 0 spiro atoms. The number of carbonyl (C=O) groups is 2. The van der Waals surface area contributed by atoms with Crippen molar-refractivity contribution in [2.75, 3.05) is 13.1 Å². The summed E-state index contributed by atoms with van der Waals surface area (Å²) in [5.74, 6) is 2.11. The van der Waals surface area contributed by atoms with Gasteiger partial charge in [0.15, 0.2) is 0 Å². The lowest BCUT2D eigenvalue weighted by atomic mass is 9.65. The lowest BCUT2D eigenvalue weighted by Gasteiger charge is -2.38. The van der Waals surface area contributed by atoms with Crippen molar-refractivity contribution in [1.82, 2.24) is 9.80 Å². The molecule has 0 radical (unpaired) electrons. The van der Waals surface area contributed by atoms with Crippen molar-refractivity contribution in [2.24, 2.45) is 23.7 Å². The molecule has 0 bridgehead atoms. The first kappa shape index (κ1) is 56.0. The highest BCUT2D eigenvalue weighted by Crippen LogP contribution is 2.63. The van der Waals surface area contributed by atoms with E-state index >= 15 is 9.59 Å². The third-order valence-electron chi connectivity index (χ3n) is 16.6. The molecule has 390 valence electrons. The van der Waals surface area contributed by atoms with E-state index in [4.69, 9.17) is 0 Å². The first-order chi connectivity index (χ1) is 33.9. The zero-order valence-electron chi connectivity index (χ0n) is 46.8. The zero-order chi connectivity index (χ0) is 51.4. The van der Waals surface area contributed by atoms with Crippen LogP contribution in [0.2, 0.25) is 0 Å². The number of rotatable bonds is 27. The maximum absolute atomic E-state index is 15.6. The Bertz CT molecular complexity index is 2490. The minimum absolute atomic E-state index is 0.00673. The minimum Gasteiger partial charge on any atom is -0.306 e. The lowest BCUT2D eigenvalue weighted by Crippen LogP contribution is -2.34. The summed E-state index contributed by atoms with van der Waals surface area (Å²) in [7, 11) is 0. The van der Waals surface area contributed by atoms with Gasteiger partial charge in [-0.25, -0.2) is 0 Å². The molecule has 4 nitrogen and oxygen atoms in total. The molecule has 1 aliphatic carbocycles. The molecule has 4 unspecified atom stereocenters. The van der Waals surface area contributed by atoms with Gasteiger partial charge in [-0.3, -0.25) is 9.59 Å². The Labute approximate surface area is 448 Å². The first-order valence-corrected chi connectivity index (χ1v) is 31.8. The Morgan fingerprint density at radius 3 is 1.31 bits per heavy atom. The van der Waals surface area contributed by atoms with Crippen LogP contribution in [0.15, 0.2) is 47.5 Å². The highest BCUT2D eigenvalue weighted by atomic mass is 32.1. The van der Waals surface area contributed by atoms with Crippen LogP contribution in [0.1, 0.15) is 243 Å². The van der Waals surface area contributed by atoms with Crippen molar-refractivity contribution in [2.45, 2.75) is 229 Å². The second-order valence-electron chi connectivity index (χ2n) is 24.0. The maximum atomic E-state index is 15.6. The van der Waals surface area contributed by atoms with E-state index in [2.05, 4.69) is 150 Å². The molecule has 7 rings (SSSR count). The molecule has 4 atom stereocenters. The van der Waals surface area contributed by atoms with Gasteiger partial charge in [0.2, 0.25) is 0 Å². The molecule has 0 saturated heterocycles. The fourth-order valence-corrected chi connectivity index (χ4v) is 16.9. The van der Waals surface area contributed by atoms with Gasteiger partial charge in [-0.1, -0.05) is 187 Å². The predicted molar refractivity (Wildman–Crippen MR) is 313 cm³/mol. The summed E-state index contributed by atoms with van der Waals surface area (Å²) >= 11 is 7.64. The van der Waals surface area contributed by atoms with Gasteiger partial charge >= 0.3 is 0 Å². The number of thiophene rings is 4. The van der Waals surface area contributed by atoms with Crippen molar-refractivity contribution >= 4 is 68.6 Å². The normalized spacial score (nSPS) is 18.8. The van der Waals surface area contributed by atoms with Crippen LogP contribution >= 0.6 is 45.3 Å². The zero-order valence-corrected chi connectivity index (χ0v) is 50.0. The van der Waals surface area contributed by atoms with E-state index < -0.39 is 0 Å². The Balaban J connectivity index is 1.41. The summed E-state index contributed by atoms with van der Waals surface area (Å²) in [5, 5.41) is 0. The largest absolute Gasteiger partial charge is 0.306 e. The average molecular weight is 1040 g/mol. The van der Waals surface area contributed by atoms with Gasteiger partial charge in [0.05, 0.1) is 32.3 Å². The van der Waals surface area contributed by atoms with Gasteiger partial charge < -0.3 is 9.80 Å². The Morgan fingerprint density at radius 1 is 0.465 bits per heavy atom. The van der Waals surface area contributed by atoms with Crippen LogP contribution in [0.5, 0.6) is 0 Å². The summed E-state index contributed by atoms with van der Waals surface area (Å²) in [6, 6.07) is 14.3. The lowest BCUT2D eigenvalue weighted by molar-refractivity contribution is -0.124. The molecule has 0 N–H and O–H groups in total. The molecular weight excluding hydrogens is 945 g/mol. The van der Waals surface area contributed by atoms with Gasteiger partial charge in [0.25, 0.3) is 11.8 Å². The van der Waals surface area contributed by atoms with Crippen molar-refractivity contribution in [3.63, 3.8) is 0 Å². The summed E-state index contributed by atoms with van der Waals surface area (Å²) in [5.41, 5.74) is 6.23. The van der Waals surface area contributed by atoms with Crippen LogP contribution in [0, 0.1) is 23.7 Å². The molecular formula is C63H92N2O2S4. The van der Waals surface area contributed by atoms with Gasteiger partial charge in [-0.2, -0.15) is 0 Å². The topological polar surface area (TPSA) is 40.6 Å². The Kier molecular flexibility index (Phi) is 18.8. The number of fused-ring (bicyclic) bond motifs is 4. The monoisotopic (exact) mass is 1040 g/mol. The second-order valence-corrected chi connectivity index (χ2v) is 28.2. The summed E-state index contributed by atoms with van der Waals surface area (Å²) in [6.45, 7) is 33.9. The van der Waals surface area contributed by atoms with E-state index in [1.165, 1.54) is 93.5 Å². The Morgan fingerprint density at radius 2 is 0.873 bits per heavy atom. The molecule has 0 fully saturated rings. The molecule has 71 heavy (non-hydrogen) atoms. The van der Waals surface area contributed by atoms with Crippen LogP contribution < -0.4 is 0 Å². The van der Waals surface area contributed by atoms with Crippen LogP contribution in [-0.2, 0) is 25.8 Å². The van der Waals surface area contributed by atoms with Gasteiger partial charge in [-0.05, 0) is 108 Å². The third-order valence-corrected chi connectivity index (χ3v) is 22.3. The summed E-state index contributed by atoms with van der Waals surface area (Å²) in [6.07, 6.45) is 21.3. The summed E-state index contributed by atoms with van der Waals surface area (Å²) in [4.78, 5) is 45.7. The molecule has 8 heteroatoms. The van der Waals surface area contributed by atoms with E-state index in [1.54, 1.807) is 33.8 Å². The quantitative estimate of drug-likeness (QED) is 0.0597. The molecule has 4 aromatic rings. The minimum atomic E-state index is -0.0354. The number of carbonyl (C=O) groups excluding carboxylic acids is 2. The molecule has 3 aliphatic rings. The molecule has 2 amide bonds. The number of hydrogen-bond donors (Lipinski definition) is 0. The van der Waals surface area contributed by atoms with Crippen molar-refractivity contribution in [3.8, 4) is 19.5 Å². The fraction of sp³-hybridized carbons (Fsp3) is 0.651. The van der Waals surface area contributed by atoms with E-state index in [0.717, 1.165) is 72.5 Å². The van der Waals surface area contributed by atoms with Crippen LogP contribution in [0.3, 0.4) is 0 Å². The molecule has 6 heterocycles. The van der Waals surface area contributed by atoms with Crippen LogP contribution in [0.25, 0.3) is 30.9 Å². The number of nitrogens with zero attached hydrogens (tertiary/aromatic N) is 2. The van der Waals surface area contributed by atoms with Gasteiger partial charge in [0.1, 0.15) is 0 Å². The maximum Gasteiger partial charge on any atom is 0.261 e. The molecule has 0 aromatic carbocycles.